The molecule has 4 nitrogen and oxygen atoms in total. The molecular formula is C17H24N2O2. The number of hydrogen-bond acceptors (Lipinski definition) is 3. The van der Waals surface area contributed by atoms with Gasteiger partial charge in [-0.2, -0.15) is 5.10 Å². The molecule has 0 fully saturated rings. The zero-order valence-corrected chi connectivity index (χ0v) is 13.2. The van der Waals surface area contributed by atoms with E-state index < -0.39 is 0 Å². The second-order valence-electron chi connectivity index (χ2n) is 5.23. The molecule has 0 aliphatic rings. The second kappa shape index (κ2) is 7.38. The molecule has 2 aromatic rings. The van der Waals surface area contributed by atoms with Gasteiger partial charge in [0.25, 0.3) is 0 Å². The average Bonchev–Trinajstić information content (AvgIpc) is 2.97. The molecule has 21 heavy (non-hydrogen) atoms. The van der Waals surface area contributed by atoms with E-state index in [9.17, 15) is 0 Å². The number of rotatable bonds is 7. The van der Waals surface area contributed by atoms with Gasteiger partial charge in [0.1, 0.15) is 0 Å². The number of H-pyrrole nitrogens is 1. The van der Waals surface area contributed by atoms with Gasteiger partial charge in [-0.3, -0.25) is 5.10 Å². The fourth-order valence-electron chi connectivity index (χ4n) is 2.17. The zero-order chi connectivity index (χ0) is 15.2. The van der Waals surface area contributed by atoms with Gasteiger partial charge in [0, 0.05) is 18.8 Å². The standard InChI is InChI=1S/C17H24N2O2/c1-5-20-17(21-6-2)16-11-15(18-19-16)14-9-7-13(8-10-14)12(3)4/h7-12,17H,5-6H2,1-4H3,(H,18,19). The highest BCUT2D eigenvalue weighted by molar-refractivity contribution is 5.59. The van der Waals surface area contributed by atoms with E-state index >= 15 is 0 Å². The van der Waals surface area contributed by atoms with Gasteiger partial charge in [-0.15, -0.1) is 0 Å². The second-order valence-corrected chi connectivity index (χ2v) is 5.23. The van der Waals surface area contributed by atoms with Crippen LogP contribution in [0.1, 0.15) is 51.2 Å². The molecule has 0 radical (unpaired) electrons. The Hall–Kier alpha value is -1.65. The quantitative estimate of drug-likeness (QED) is 0.774. The van der Waals surface area contributed by atoms with Crippen LogP contribution in [0.2, 0.25) is 0 Å². The summed E-state index contributed by atoms with van der Waals surface area (Å²) < 4.78 is 11.1. The lowest BCUT2D eigenvalue weighted by Crippen LogP contribution is -2.09. The third kappa shape index (κ3) is 3.93. The van der Waals surface area contributed by atoms with E-state index in [2.05, 4.69) is 48.3 Å². The summed E-state index contributed by atoms with van der Waals surface area (Å²) in [4.78, 5) is 0. The Morgan fingerprint density at radius 2 is 1.67 bits per heavy atom. The Kier molecular flexibility index (Phi) is 5.53. The molecule has 0 saturated carbocycles. The first kappa shape index (κ1) is 15.7. The molecule has 2 rings (SSSR count). The van der Waals surface area contributed by atoms with Crippen LogP contribution in [-0.2, 0) is 9.47 Å². The maximum Gasteiger partial charge on any atom is 0.200 e. The van der Waals surface area contributed by atoms with Gasteiger partial charge in [-0.25, -0.2) is 0 Å². The number of hydrogen-bond donors (Lipinski definition) is 1. The van der Waals surface area contributed by atoms with E-state index in [1.165, 1.54) is 5.56 Å². The van der Waals surface area contributed by atoms with E-state index in [0.29, 0.717) is 19.1 Å². The van der Waals surface area contributed by atoms with Crippen LogP contribution in [0.15, 0.2) is 30.3 Å². The Labute approximate surface area is 126 Å². The number of nitrogens with one attached hydrogen (secondary N) is 1. The smallest absolute Gasteiger partial charge is 0.200 e. The van der Waals surface area contributed by atoms with Gasteiger partial charge < -0.3 is 9.47 Å². The molecule has 114 valence electrons. The van der Waals surface area contributed by atoms with Crippen molar-refractivity contribution in [2.75, 3.05) is 13.2 Å². The van der Waals surface area contributed by atoms with Crippen molar-refractivity contribution in [2.45, 2.75) is 39.9 Å². The molecule has 1 aromatic carbocycles. The summed E-state index contributed by atoms with van der Waals surface area (Å²) >= 11 is 0. The van der Waals surface area contributed by atoms with Crippen molar-refractivity contribution in [3.63, 3.8) is 0 Å². The van der Waals surface area contributed by atoms with Gasteiger partial charge in [0.2, 0.25) is 0 Å². The number of benzene rings is 1. The van der Waals surface area contributed by atoms with Crippen LogP contribution in [0.5, 0.6) is 0 Å². The summed E-state index contributed by atoms with van der Waals surface area (Å²) in [6.07, 6.45) is -0.379. The van der Waals surface area contributed by atoms with E-state index in [1.54, 1.807) is 0 Å². The predicted molar refractivity (Wildman–Crippen MR) is 84.1 cm³/mol. The van der Waals surface area contributed by atoms with Crippen molar-refractivity contribution < 1.29 is 9.47 Å². The van der Waals surface area contributed by atoms with Gasteiger partial charge >= 0.3 is 0 Å². The number of nitrogens with zero attached hydrogens (tertiary/aromatic N) is 1. The van der Waals surface area contributed by atoms with Crippen LogP contribution in [0.4, 0.5) is 0 Å². The van der Waals surface area contributed by atoms with E-state index in [4.69, 9.17) is 9.47 Å². The minimum Gasteiger partial charge on any atom is -0.347 e. The van der Waals surface area contributed by atoms with Crippen LogP contribution in [0.25, 0.3) is 11.3 Å². The lowest BCUT2D eigenvalue weighted by molar-refractivity contribution is -0.142. The average molecular weight is 288 g/mol. The SMILES string of the molecule is CCOC(OCC)c1cc(-c2ccc(C(C)C)cc2)n[nH]1. The highest BCUT2D eigenvalue weighted by Crippen LogP contribution is 2.25. The Balaban J connectivity index is 2.18. The van der Waals surface area contributed by atoms with Crippen LogP contribution in [0.3, 0.4) is 0 Å². The van der Waals surface area contributed by atoms with E-state index in [1.807, 2.05) is 19.9 Å². The van der Waals surface area contributed by atoms with Crippen molar-refractivity contribution in [1.82, 2.24) is 10.2 Å². The molecule has 0 spiro atoms. The lowest BCUT2D eigenvalue weighted by atomic mass is 10.0. The molecule has 0 aliphatic heterocycles. The van der Waals surface area contributed by atoms with E-state index in [-0.39, 0.29) is 6.29 Å². The van der Waals surface area contributed by atoms with Crippen LogP contribution in [0, 0.1) is 0 Å². The van der Waals surface area contributed by atoms with Crippen LogP contribution in [-0.4, -0.2) is 23.4 Å². The molecule has 1 heterocycles. The van der Waals surface area contributed by atoms with Crippen LogP contribution < -0.4 is 0 Å². The summed E-state index contributed by atoms with van der Waals surface area (Å²) in [5, 5.41) is 7.37. The Bertz CT molecular complexity index is 540. The highest BCUT2D eigenvalue weighted by atomic mass is 16.7. The topological polar surface area (TPSA) is 47.1 Å². The molecule has 0 atom stereocenters. The maximum absolute atomic E-state index is 5.57. The third-order valence-corrected chi connectivity index (χ3v) is 3.36. The van der Waals surface area contributed by atoms with Gasteiger partial charge in [-0.1, -0.05) is 38.1 Å². The van der Waals surface area contributed by atoms with Crippen molar-refractivity contribution in [1.29, 1.82) is 0 Å². The molecule has 0 amide bonds. The first-order valence-corrected chi connectivity index (χ1v) is 7.54. The lowest BCUT2D eigenvalue weighted by Gasteiger charge is -2.14. The predicted octanol–water partition coefficient (Wildman–Crippen LogP) is 4.27. The van der Waals surface area contributed by atoms with Crippen molar-refractivity contribution in [2.24, 2.45) is 0 Å². The number of aromatic nitrogens is 2. The van der Waals surface area contributed by atoms with Crippen molar-refractivity contribution in [3.05, 3.63) is 41.6 Å². The Morgan fingerprint density at radius 1 is 1.05 bits per heavy atom. The monoisotopic (exact) mass is 288 g/mol. The normalized spacial score (nSPS) is 11.5. The van der Waals surface area contributed by atoms with Gasteiger partial charge in [-0.05, 0) is 31.4 Å². The van der Waals surface area contributed by atoms with Crippen molar-refractivity contribution >= 4 is 0 Å². The third-order valence-electron chi connectivity index (χ3n) is 3.36. The first-order valence-electron chi connectivity index (χ1n) is 7.54. The molecular weight excluding hydrogens is 264 g/mol. The molecule has 0 aliphatic carbocycles. The largest absolute Gasteiger partial charge is 0.347 e. The summed E-state index contributed by atoms with van der Waals surface area (Å²) in [5.41, 5.74) is 4.18. The fraction of sp³-hybridized carbons (Fsp3) is 0.471. The minimum atomic E-state index is -0.379. The Morgan fingerprint density at radius 3 is 2.19 bits per heavy atom. The number of ether oxygens (including phenoxy) is 2. The summed E-state index contributed by atoms with van der Waals surface area (Å²) in [7, 11) is 0. The van der Waals surface area contributed by atoms with Gasteiger partial charge in [0.05, 0.1) is 11.4 Å². The minimum absolute atomic E-state index is 0.379. The number of aromatic amines is 1. The van der Waals surface area contributed by atoms with Crippen molar-refractivity contribution in [3.8, 4) is 11.3 Å². The molecule has 0 bridgehead atoms. The highest BCUT2D eigenvalue weighted by Gasteiger charge is 2.15. The maximum atomic E-state index is 5.57. The summed E-state index contributed by atoms with van der Waals surface area (Å²) in [6, 6.07) is 10.5. The molecule has 1 N–H and O–H groups in total. The summed E-state index contributed by atoms with van der Waals surface area (Å²) in [5.74, 6) is 0.536. The molecule has 0 saturated heterocycles. The molecule has 0 unspecified atom stereocenters. The zero-order valence-electron chi connectivity index (χ0n) is 13.2. The fourth-order valence-corrected chi connectivity index (χ4v) is 2.17. The van der Waals surface area contributed by atoms with Gasteiger partial charge in [0.15, 0.2) is 6.29 Å². The van der Waals surface area contributed by atoms with E-state index in [0.717, 1.165) is 17.0 Å². The molecule has 1 aromatic heterocycles. The van der Waals surface area contributed by atoms with Crippen LogP contribution >= 0.6 is 0 Å². The summed E-state index contributed by atoms with van der Waals surface area (Å²) in [6.45, 7) is 9.49. The molecule has 4 heteroatoms. The first-order chi connectivity index (χ1) is 10.2.